The Morgan fingerprint density at radius 1 is 1.68 bits per heavy atom. The molecule has 1 fully saturated rings. The van der Waals surface area contributed by atoms with Crippen LogP contribution in [0.15, 0.2) is 22.2 Å². The highest BCUT2D eigenvalue weighted by molar-refractivity contribution is 5.23. The summed E-state index contributed by atoms with van der Waals surface area (Å²) in [6.45, 7) is -1.05. The highest BCUT2D eigenvalue weighted by atomic mass is 19.3. The molecule has 1 aliphatic heterocycles. The number of alkyl halides is 2. The van der Waals surface area contributed by atoms with Gasteiger partial charge in [-0.05, 0) is 11.6 Å². The molecule has 0 radical (unpaired) electrons. The van der Waals surface area contributed by atoms with E-state index in [1.807, 2.05) is 0 Å². The van der Waals surface area contributed by atoms with Crippen LogP contribution in [-0.4, -0.2) is 44.6 Å². The summed E-state index contributed by atoms with van der Waals surface area (Å²) in [4.78, 5) is 17.5. The van der Waals surface area contributed by atoms with Crippen molar-refractivity contribution in [2.24, 2.45) is 11.0 Å². The number of aliphatic hydroxyl groups is 2. The molecule has 22 heavy (non-hydrogen) atoms. The van der Waals surface area contributed by atoms with Gasteiger partial charge in [-0.1, -0.05) is 5.11 Å². The molecule has 0 saturated carbocycles. The van der Waals surface area contributed by atoms with E-state index in [-0.39, 0.29) is 5.82 Å². The number of rotatable bonds is 4. The van der Waals surface area contributed by atoms with Crippen LogP contribution in [0.1, 0.15) is 6.23 Å². The molecule has 1 saturated heterocycles. The van der Waals surface area contributed by atoms with Gasteiger partial charge in [0.15, 0.2) is 5.72 Å². The summed E-state index contributed by atoms with van der Waals surface area (Å²) in [6, 6.07) is 1.17. The Labute approximate surface area is 121 Å². The van der Waals surface area contributed by atoms with Crippen molar-refractivity contribution in [2.45, 2.75) is 24.5 Å². The molecule has 4 N–H and O–H groups in total. The lowest BCUT2D eigenvalue weighted by atomic mass is 9.96. The minimum absolute atomic E-state index is 0.128. The number of hydrogen-bond donors (Lipinski definition) is 3. The minimum atomic E-state index is -3.12. The van der Waals surface area contributed by atoms with Gasteiger partial charge in [0, 0.05) is 11.1 Å². The summed E-state index contributed by atoms with van der Waals surface area (Å²) < 4.78 is 32.3. The van der Waals surface area contributed by atoms with Gasteiger partial charge in [0.05, 0.1) is 12.5 Å². The SMILES string of the molecule is [N-]=[N+]=N[C@]1(CO)O[C@@H](n2ccc(N)nc2=O)[C@@H](C(F)F)[C@@H]1O. The first-order chi connectivity index (χ1) is 10.4. The third-order valence-electron chi connectivity index (χ3n) is 3.34. The smallest absolute Gasteiger partial charge is 0.351 e. The van der Waals surface area contributed by atoms with E-state index in [4.69, 9.17) is 16.0 Å². The van der Waals surface area contributed by atoms with E-state index in [0.717, 1.165) is 6.20 Å². The molecule has 120 valence electrons. The van der Waals surface area contributed by atoms with E-state index in [0.29, 0.717) is 4.57 Å². The second-order valence-electron chi connectivity index (χ2n) is 4.60. The first-order valence-electron chi connectivity index (χ1n) is 6.02. The Hall–Kier alpha value is -2.27. The van der Waals surface area contributed by atoms with Crippen LogP contribution < -0.4 is 11.4 Å². The Morgan fingerprint density at radius 3 is 2.86 bits per heavy atom. The zero-order valence-electron chi connectivity index (χ0n) is 11.0. The van der Waals surface area contributed by atoms with E-state index in [2.05, 4.69) is 15.0 Å². The van der Waals surface area contributed by atoms with E-state index in [1.165, 1.54) is 6.07 Å². The maximum Gasteiger partial charge on any atom is 0.351 e. The van der Waals surface area contributed by atoms with Gasteiger partial charge in [0.25, 0.3) is 0 Å². The number of anilines is 1. The number of ether oxygens (including phenoxy) is 1. The van der Waals surface area contributed by atoms with Gasteiger partial charge >= 0.3 is 5.69 Å². The molecular weight excluding hydrogens is 306 g/mol. The molecule has 0 unspecified atom stereocenters. The average molecular weight is 318 g/mol. The van der Waals surface area contributed by atoms with Crippen LogP contribution >= 0.6 is 0 Å². The minimum Gasteiger partial charge on any atom is -0.393 e. The number of nitrogens with zero attached hydrogens (tertiary/aromatic N) is 5. The number of halogens is 2. The van der Waals surface area contributed by atoms with Crippen molar-refractivity contribution in [1.82, 2.24) is 9.55 Å². The van der Waals surface area contributed by atoms with Crippen LogP contribution in [0.25, 0.3) is 10.4 Å². The summed E-state index contributed by atoms with van der Waals surface area (Å²) in [5.74, 6) is -2.04. The molecule has 1 aliphatic rings. The molecule has 0 bridgehead atoms. The topological polar surface area (TPSA) is 159 Å². The van der Waals surface area contributed by atoms with Crippen molar-refractivity contribution in [2.75, 3.05) is 12.3 Å². The molecule has 0 aromatic carbocycles. The van der Waals surface area contributed by atoms with Gasteiger partial charge < -0.3 is 20.7 Å². The van der Waals surface area contributed by atoms with Crippen molar-refractivity contribution in [3.8, 4) is 0 Å². The number of aromatic nitrogens is 2. The highest BCUT2D eigenvalue weighted by Gasteiger charge is 2.58. The molecule has 12 heteroatoms. The lowest BCUT2D eigenvalue weighted by molar-refractivity contribution is -0.125. The quantitative estimate of drug-likeness (QED) is 0.389. The lowest BCUT2D eigenvalue weighted by Crippen LogP contribution is -2.44. The maximum atomic E-state index is 13.2. The van der Waals surface area contributed by atoms with Gasteiger partial charge in [0.2, 0.25) is 6.43 Å². The Balaban J connectivity index is 2.54. The summed E-state index contributed by atoms with van der Waals surface area (Å²) >= 11 is 0. The zero-order chi connectivity index (χ0) is 16.5. The van der Waals surface area contributed by atoms with Crippen LogP contribution in [0.5, 0.6) is 0 Å². The highest BCUT2D eigenvalue weighted by Crippen LogP contribution is 2.44. The van der Waals surface area contributed by atoms with E-state index >= 15 is 0 Å². The Kier molecular flexibility index (Phi) is 4.28. The largest absolute Gasteiger partial charge is 0.393 e. The van der Waals surface area contributed by atoms with E-state index < -0.39 is 42.7 Å². The van der Waals surface area contributed by atoms with Crippen LogP contribution in [0.3, 0.4) is 0 Å². The molecule has 0 aliphatic carbocycles. The van der Waals surface area contributed by atoms with Crippen molar-refractivity contribution in [3.63, 3.8) is 0 Å². The number of azide groups is 1. The maximum absolute atomic E-state index is 13.2. The summed E-state index contributed by atoms with van der Waals surface area (Å²) in [5.41, 5.74) is 10.5. The lowest BCUT2D eigenvalue weighted by Gasteiger charge is -2.24. The normalized spacial score (nSPS) is 31.2. The van der Waals surface area contributed by atoms with Crippen molar-refractivity contribution < 1.29 is 23.7 Å². The standard InChI is InChI=1S/C10H12F2N6O4/c11-7(12)5-6(20)10(3-19,16-17-14)22-8(5)18-2-1-4(13)15-9(18)21/h1-2,5-8,19-20H,3H2,(H2,13,15,21)/t5-,6+,8-,10-/m1/s1. The Morgan fingerprint density at radius 2 is 2.36 bits per heavy atom. The second kappa shape index (κ2) is 5.85. The summed E-state index contributed by atoms with van der Waals surface area (Å²) in [7, 11) is 0. The van der Waals surface area contributed by atoms with Gasteiger partial charge in [-0.15, -0.1) is 0 Å². The molecule has 2 rings (SSSR count). The fraction of sp³-hybridized carbons (Fsp3) is 0.600. The van der Waals surface area contributed by atoms with Gasteiger partial charge in [-0.25, -0.2) is 13.6 Å². The van der Waals surface area contributed by atoms with Gasteiger partial charge in [-0.3, -0.25) is 4.57 Å². The second-order valence-corrected chi connectivity index (χ2v) is 4.60. The number of nitrogens with two attached hydrogens (primary N) is 1. The molecule has 2 heterocycles. The van der Waals surface area contributed by atoms with Gasteiger partial charge in [0.1, 0.15) is 18.1 Å². The summed E-state index contributed by atoms with van der Waals surface area (Å²) in [5, 5.41) is 22.3. The Bertz CT molecular complexity index is 663. The monoisotopic (exact) mass is 318 g/mol. The van der Waals surface area contributed by atoms with Gasteiger partial charge in [-0.2, -0.15) is 4.98 Å². The van der Waals surface area contributed by atoms with Crippen LogP contribution in [0.4, 0.5) is 14.6 Å². The fourth-order valence-corrected chi connectivity index (χ4v) is 2.26. The average Bonchev–Trinajstić information content (AvgIpc) is 2.73. The first kappa shape index (κ1) is 16.1. The number of aliphatic hydroxyl groups excluding tert-OH is 2. The molecule has 0 spiro atoms. The predicted molar refractivity (Wildman–Crippen MR) is 67.5 cm³/mol. The molecular formula is C10H12F2N6O4. The number of hydrogen-bond acceptors (Lipinski definition) is 7. The number of nitrogen functional groups attached to an aromatic ring is 1. The zero-order valence-corrected chi connectivity index (χ0v) is 11.0. The van der Waals surface area contributed by atoms with Crippen LogP contribution in [0.2, 0.25) is 0 Å². The van der Waals surface area contributed by atoms with E-state index in [1.54, 1.807) is 0 Å². The molecule has 4 atom stereocenters. The molecule has 1 aromatic heterocycles. The van der Waals surface area contributed by atoms with E-state index in [9.17, 15) is 23.8 Å². The van der Waals surface area contributed by atoms with Crippen LogP contribution in [0, 0.1) is 5.92 Å². The fourth-order valence-electron chi connectivity index (χ4n) is 2.26. The molecule has 1 aromatic rings. The third-order valence-corrected chi connectivity index (χ3v) is 3.34. The van der Waals surface area contributed by atoms with Crippen molar-refractivity contribution >= 4 is 5.82 Å². The van der Waals surface area contributed by atoms with Crippen molar-refractivity contribution in [3.05, 3.63) is 33.2 Å². The third kappa shape index (κ3) is 2.48. The first-order valence-corrected chi connectivity index (χ1v) is 6.02. The summed E-state index contributed by atoms with van der Waals surface area (Å²) in [6.07, 6.45) is -5.77. The van der Waals surface area contributed by atoms with Crippen molar-refractivity contribution in [1.29, 1.82) is 0 Å². The molecule has 0 amide bonds. The van der Waals surface area contributed by atoms with Crippen LogP contribution in [-0.2, 0) is 4.74 Å². The molecule has 10 nitrogen and oxygen atoms in total. The predicted octanol–water partition coefficient (Wildman–Crippen LogP) is -0.405.